The third kappa shape index (κ3) is 3.54. The van der Waals surface area contributed by atoms with E-state index < -0.39 is 0 Å². The highest BCUT2D eigenvalue weighted by molar-refractivity contribution is 5.81. The maximum Gasteiger partial charge on any atom is 0.227 e. The Kier molecular flexibility index (Phi) is 5.17. The summed E-state index contributed by atoms with van der Waals surface area (Å²) in [5.74, 6) is 1.69. The van der Waals surface area contributed by atoms with Gasteiger partial charge in [-0.3, -0.25) is 4.79 Å². The zero-order valence-electron chi connectivity index (χ0n) is 16.3. The van der Waals surface area contributed by atoms with Gasteiger partial charge in [0.1, 0.15) is 11.6 Å². The molecule has 3 aliphatic rings. The first-order chi connectivity index (χ1) is 13.6. The molecular weight excluding hydrogens is 356 g/mol. The third-order valence-corrected chi connectivity index (χ3v) is 5.64. The lowest BCUT2D eigenvalue weighted by molar-refractivity contribution is -0.140. The Morgan fingerprint density at radius 2 is 2.04 bits per heavy atom. The van der Waals surface area contributed by atoms with Crippen molar-refractivity contribution in [3.8, 4) is 17.1 Å². The molecule has 2 aromatic rings. The van der Waals surface area contributed by atoms with E-state index in [4.69, 9.17) is 9.72 Å². The van der Waals surface area contributed by atoms with Gasteiger partial charge in [-0.1, -0.05) is 12.1 Å². The van der Waals surface area contributed by atoms with Gasteiger partial charge < -0.3 is 19.6 Å². The van der Waals surface area contributed by atoms with Crippen LogP contribution in [0.4, 0.5) is 5.82 Å². The van der Waals surface area contributed by atoms with Gasteiger partial charge >= 0.3 is 0 Å². The van der Waals surface area contributed by atoms with Gasteiger partial charge in [0.25, 0.3) is 0 Å². The highest BCUT2D eigenvalue weighted by Crippen LogP contribution is 2.33. The summed E-state index contributed by atoms with van der Waals surface area (Å²) < 4.78 is 5.19. The zero-order valence-corrected chi connectivity index (χ0v) is 16.3. The molecule has 0 spiro atoms. The number of aromatic hydroxyl groups is 1. The van der Waals surface area contributed by atoms with Crippen LogP contribution in [0.5, 0.6) is 5.75 Å². The summed E-state index contributed by atoms with van der Waals surface area (Å²) in [6.07, 6.45) is 1.92. The summed E-state index contributed by atoms with van der Waals surface area (Å²) in [5.41, 5.74) is 1.45. The average Bonchev–Trinajstić information content (AvgIpc) is 2.98. The third-order valence-electron chi connectivity index (χ3n) is 5.64. The first kappa shape index (κ1) is 18.7. The molecule has 0 aliphatic carbocycles. The van der Waals surface area contributed by atoms with Crippen LogP contribution >= 0.6 is 0 Å². The van der Waals surface area contributed by atoms with E-state index in [0.717, 1.165) is 30.9 Å². The summed E-state index contributed by atoms with van der Waals surface area (Å²) in [6, 6.07) is 9.22. The summed E-state index contributed by atoms with van der Waals surface area (Å²) >= 11 is 0. The minimum atomic E-state index is -0.0144. The lowest BCUT2D eigenvalue weighted by Crippen LogP contribution is -2.49. The maximum atomic E-state index is 12.9. The van der Waals surface area contributed by atoms with E-state index in [1.807, 2.05) is 30.0 Å². The second kappa shape index (κ2) is 7.75. The molecule has 2 bridgehead atoms. The summed E-state index contributed by atoms with van der Waals surface area (Å²) in [5, 5.41) is 10.2. The number of aromatic nitrogens is 2. The fraction of sp³-hybridized carbons (Fsp3) is 0.476. The molecule has 7 nitrogen and oxygen atoms in total. The number of nitrogens with zero attached hydrogens (tertiary/aromatic N) is 4. The van der Waals surface area contributed by atoms with E-state index in [1.54, 1.807) is 19.2 Å². The molecule has 1 N–H and O–H groups in total. The number of amides is 1. The van der Waals surface area contributed by atoms with Crippen LogP contribution in [-0.4, -0.2) is 65.3 Å². The fourth-order valence-corrected chi connectivity index (χ4v) is 4.21. The maximum absolute atomic E-state index is 12.9. The molecule has 1 aromatic heterocycles. The van der Waals surface area contributed by atoms with E-state index in [2.05, 4.69) is 9.88 Å². The first-order valence-electron chi connectivity index (χ1n) is 9.75. The minimum absolute atomic E-state index is 0.0144. The summed E-state index contributed by atoms with van der Waals surface area (Å²) in [6.45, 7) is 4.53. The predicted molar refractivity (Wildman–Crippen MR) is 106 cm³/mol. The Balaban J connectivity index is 1.65. The lowest BCUT2D eigenvalue weighted by atomic mass is 9.94. The van der Waals surface area contributed by atoms with Crippen molar-refractivity contribution in [1.29, 1.82) is 0 Å². The number of carbonyl (C=O) groups excluding carboxylic acids is 1. The van der Waals surface area contributed by atoms with Crippen molar-refractivity contribution in [2.45, 2.75) is 25.8 Å². The number of hydrogen-bond donors (Lipinski definition) is 1. The van der Waals surface area contributed by atoms with Crippen LogP contribution in [0.2, 0.25) is 0 Å². The van der Waals surface area contributed by atoms with Crippen molar-refractivity contribution in [3.05, 3.63) is 36.0 Å². The Morgan fingerprint density at radius 3 is 2.82 bits per heavy atom. The van der Waals surface area contributed by atoms with Gasteiger partial charge in [-0.2, -0.15) is 0 Å². The molecule has 7 heteroatoms. The van der Waals surface area contributed by atoms with Crippen molar-refractivity contribution in [2.75, 3.05) is 38.3 Å². The number of fused-ring (bicyclic) bond motifs is 4. The molecule has 148 valence electrons. The minimum Gasteiger partial charge on any atom is -0.507 e. The fourth-order valence-electron chi connectivity index (χ4n) is 4.21. The van der Waals surface area contributed by atoms with Gasteiger partial charge in [-0.05, 0) is 31.9 Å². The molecule has 2 unspecified atom stereocenters. The van der Waals surface area contributed by atoms with Crippen molar-refractivity contribution in [2.24, 2.45) is 5.92 Å². The Morgan fingerprint density at radius 1 is 1.21 bits per heavy atom. The number of piperidine rings is 1. The van der Waals surface area contributed by atoms with Crippen LogP contribution in [-0.2, 0) is 9.53 Å². The molecule has 2 atom stereocenters. The number of benzene rings is 1. The number of phenolic OH excluding ortho intramolecular Hbond substituents is 1. The number of ether oxygens (including phenoxy) is 1. The zero-order chi connectivity index (χ0) is 19.7. The number of hydrogen-bond acceptors (Lipinski definition) is 6. The van der Waals surface area contributed by atoms with E-state index in [-0.39, 0.29) is 23.6 Å². The van der Waals surface area contributed by atoms with Crippen LogP contribution in [0.3, 0.4) is 0 Å². The van der Waals surface area contributed by atoms with Crippen LogP contribution in [0.1, 0.15) is 18.5 Å². The van der Waals surface area contributed by atoms with E-state index in [0.29, 0.717) is 31.1 Å². The quantitative estimate of drug-likeness (QED) is 0.854. The molecule has 3 saturated heterocycles. The van der Waals surface area contributed by atoms with E-state index in [9.17, 15) is 9.90 Å². The van der Waals surface area contributed by atoms with Crippen LogP contribution in [0.25, 0.3) is 11.4 Å². The molecular formula is C21H26N4O3. The predicted octanol–water partition coefficient (Wildman–Crippen LogP) is 2.23. The second-order valence-corrected chi connectivity index (χ2v) is 7.57. The smallest absolute Gasteiger partial charge is 0.227 e. The molecule has 5 rings (SSSR count). The normalized spacial score (nSPS) is 21.9. The molecule has 28 heavy (non-hydrogen) atoms. The Labute approximate surface area is 165 Å². The molecule has 3 fully saturated rings. The standard InChI is InChI=1S/C21H26N4O3/c1-14-11-19(23-20(22-14)17-5-3-4-6-18(17)26)24-12-15-7-8-16(13-24)25(21(15)27)9-10-28-2/h3-6,11,15-16,26H,7-10,12-13H2,1-2H3. The van der Waals surface area contributed by atoms with Gasteiger partial charge in [0.15, 0.2) is 5.82 Å². The highest BCUT2D eigenvalue weighted by atomic mass is 16.5. The number of carbonyl (C=O) groups is 1. The lowest BCUT2D eigenvalue weighted by Gasteiger charge is -2.35. The number of anilines is 1. The van der Waals surface area contributed by atoms with Crippen LogP contribution < -0.4 is 4.90 Å². The monoisotopic (exact) mass is 382 g/mol. The van der Waals surface area contributed by atoms with E-state index in [1.165, 1.54) is 0 Å². The number of phenols is 1. The molecule has 1 amide bonds. The van der Waals surface area contributed by atoms with Crippen molar-refractivity contribution in [1.82, 2.24) is 14.9 Å². The number of aryl methyl sites for hydroxylation is 1. The number of rotatable bonds is 5. The number of methoxy groups -OCH3 is 1. The topological polar surface area (TPSA) is 78.8 Å². The first-order valence-corrected chi connectivity index (χ1v) is 9.75. The second-order valence-electron chi connectivity index (χ2n) is 7.57. The molecule has 1 aromatic carbocycles. The van der Waals surface area contributed by atoms with Crippen molar-refractivity contribution >= 4 is 11.7 Å². The van der Waals surface area contributed by atoms with Gasteiger partial charge in [0.05, 0.1) is 18.1 Å². The SMILES string of the molecule is COCCN1C(=O)C2CCC1CN(c1cc(C)nc(-c3ccccc3O)n1)C2. The molecule has 3 aliphatic heterocycles. The van der Waals surface area contributed by atoms with Gasteiger partial charge in [-0.15, -0.1) is 0 Å². The summed E-state index contributed by atoms with van der Waals surface area (Å²) in [4.78, 5) is 26.3. The highest BCUT2D eigenvalue weighted by Gasteiger charge is 2.40. The van der Waals surface area contributed by atoms with E-state index >= 15 is 0 Å². The molecule has 4 heterocycles. The van der Waals surface area contributed by atoms with Crippen LogP contribution in [0, 0.1) is 12.8 Å². The van der Waals surface area contributed by atoms with Gasteiger partial charge in [0.2, 0.25) is 5.91 Å². The Hall–Kier alpha value is -2.67. The van der Waals surface area contributed by atoms with Crippen molar-refractivity contribution < 1.29 is 14.6 Å². The van der Waals surface area contributed by atoms with Gasteiger partial charge in [0, 0.05) is 44.5 Å². The van der Waals surface area contributed by atoms with Gasteiger partial charge in [-0.25, -0.2) is 9.97 Å². The summed E-state index contributed by atoms with van der Waals surface area (Å²) in [7, 11) is 1.66. The van der Waals surface area contributed by atoms with Crippen molar-refractivity contribution in [3.63, 3.8) is 0 Å². The largest absolute Gasteiger partial charge is 0.507 e. The average molecular weight is 382 g/mol. The number of para-hydroxylation sites is 1. The molecule has 0 saturated carbocycles. The Bertz CT molecular complexity index is 872. The molecule has 0 radical (unpaired) electrons. The van der Waals surface area contributed by atoms with Crippen LogP contribution in [0.15, 0.2) is 30.3 Å².